The van der Waals surface area contributed by atoms with E-state index in [1.54, 1.807) is 13.1 Å². The van der Waals surface area contributed by atoms with Crippen LogP contribution in [-0.2, 0) is 4.79 Å². The highest BCUT2D eigenvalue weighted by Crippen LogP contribution is 2.26. The summed E-state index contributed by atoms with van der Waals surface area (Å²) >= 11 is 1.33. The number of ether oxygens (including phenoxy) is 1. The van der Waals surface area contributed by atoms with Gasteiger partial charge in [-0.3, -0.25) is 9.36 Å². The average molecular weight is 403 g/mol. The Bertz CT molecular complexity index is 945. The number of benzene rings is 2. The van der Waals surface area contributed by atoms with Crippen LogP contribution >= 0.6 is 11.8 Å². The largest absolute Gasteiger partial charge is 0.435 e. The molecule has 1 N–H and O–H groups in total. The number of rotatable bonds is 7. The lowest BCUT2D eigenvalue weighted by Gasteiger charge is -2.14. The maximum atomic E-state index is 12.5. The zero-order valence-corrected chi connectivity index (χ0v) is 16.1. The van der Waals surface area contributed by atoms with Crippen molar-refractivity contribution in [1.29, 1.82) is 0 Å². The number of alkyl halides is 2. The van der Waals surface area contributed by atoms with Crippen LogP contribution in [0.2, 0.25) is 0 Å². The predicted octanol–water partition coefficient (Wildman–Crippen LogP) is 4.90. The Kier molecular flexibility index (Phi) is 6.30. The third-order valence-corrected chi connectivity index (χ3v) is 4.97. The van der Waals surface area contributed by atoms with Crippen LogP contribution in [0.3, 0.4) is 0 Å². The summed E-state index contributed by atoms with van der Waals surface area (Å²) in [6, 6.07) is 13.8. The molecule has 0 aliphatic heterocycles. The lowest BCUT2D eigenvalue weighted by molar-refractivity contribution is -0.115. The number of anilines is 1. The van der Waals surface area contributed by atoms with Crippen LogP contribution < -0.4 is 10.1 Å². The molecule has 1 unspecified atom stereocenters. The summed E-state index contributed by atoms with van der Waals surface area (Å²) in [5, 5.41) is 3.05. The summed E-state index contributed by atoms with van der Waals surface area (Å²) in [4.78, 5) is 16.8. The van der Waals surface area contributed by atoms with Gasteiger partial charge in [-0.2, -0.15) is 8.78 Å². The zero-order chi connectivity index (χ0) is 20.1. The number of carbonyl (C=O) groups is 1. The lowest BCUT2D eigenvalue weighted by Crippen LogP contribution is -2.22. The molecule has 3 aromatic rings. The van der Waals surface area contributed by atoms with Crippen molar-refractivity contribution < 1.29 is 18.3 Å². The van der Waals surface area contributed by atoms with Crippen molar-refractivity contribution in [3.05, 3.63) is 66.5 Å². The molecule has 0 saturated heterocycles. The molecule has 2 aromatic carbocycles. The highest BCUT2D eigenvalue weighted by atomic mass is 32.2. The number of thioether (sulfide) groups is 1. The fraction of sp³-hybridized carbons (Fsp3) is 0.200. The van der Waals surface area contributed by atoms with Gasteiger partial charge in [-0.05, 0) is 55.8 Å². The number of nitrogens with one attached hydrogen (secondary N) is 1. The van der Waals surface area contributed by atoms with Gasteiger partial charge in [0.2, 0.25) is 5.91 Å². The van der Waals surface area contributed by atoms with E-state index in [2.05, 4.69) is 15.0 Å². The monoisotopic (exact) mass is 403 g/mol. The summed E-state index contributed by atoms with van der Waals surface area (Å²) in [5.74, 6) is -0.179. The third kappa shape index (κ3) is 5.10. The summed E-state index contributed by atoms with van der Waals surface area (Å²) in [5.41, 5.74) is 2.61. The molecule has 5 nitrogen and oxygen atoms in total. The minimum Gasteiger partial charge on any atom is -0.435 e. The van der Waals surface area contributed by atoms with Gasteiger partial charge in [0.1, 0.15) is 5.75 Å². The molecule has 0 saturated carbocycles. The number of halogens is 2. The summed E-state index contributed by atoms with van der Waals surface area (Å²) in [7, 11) is 0. The molecule has 0 aliphatic rings. The van der Waals surface area contributed by atoms with Crippen LogP contribution in [0.4, 0.5) is 14.5 Å². The Morgan fingerprint density at radius 2 is 1.96 bits per heavy atom. The molecule has 0 spiro atoms. The van der Waals surface area contributed by atoms with Crippen LogP contribution in [0.15, 0.2) is 66.1 Å². The van der Waals surface area contributed by atoms with Crippen LogP contribution in [0.5, 0.6) is 5.75 Å². The molecule has 1 heterocycles. The van der Waals surface area contributed by atoms with Gasteiger partial charge in [-0.15, -0.1) is 0 Å². The standard InChI is InChI=1S/C20H19F2N3O2S/c1-13-4-3-5-16(12-13)25-11-10-23-20(25)28-14(2)18(26)24-15-6-8-17(9-7-15)27-19(21)22/h3-12,14,19H,1-2H3,(H,24,26). The molecular formula is C20H19F2N3O2S. The Hall–Kier alpha value is -2.87. The first-order valence-corrected chi connectivity index (χ1v) is 9.43. The zero-order valence-electron chi connectivity index (χ0n) is 15.3. The summed E-state index contributed by atoms with van der Waals surface area (Å²) in [6.45, 7) is 0.916. The van der Waals surface area contributed by atoms with E-state index in [9.17, 15) is 13.6 Å². The van der Waals surface area contributed by atoms with Gasteiger partial charge in [0.05, 0.1) is 5.25 Å². The number of aromatic nitrogens is 2. The molecule has 146 valence electrons. The van der Waals surface area contributed by atoms with E-state index in [-0.39, 0.29) is 11.7 Å². The molecule has 1 amide bonds. The number of aryl methyl sites for hydroxylation is 1. The second-order valence-electron chi connectivity index (χ2n) is 6.07. The molecule has 0 bridgehead atoms. The predicted molar refractivity (Wildman–Crippen MR) is 105 cm³/mol. The lowest BCUT2D eigenvalue weighted by atomic mass is 10.2. The maximum Gasteiger partial charge on any atom is 0.387 e. The quantitative estimate of drug-likeness (QED) is 0.570. The summed E-state index contributed by atoms with van der Waals surface area (Å²) < 4.78 is 30.6. The van der Waals surface area contributed by atoms with Gasteiger partial charge in [-0.25, -0.2) is 4.98 Å². The second kappa shape index (κ2) is 8.88. The fourth-order valence-corrected chi connectivity index (χ4v) is 3.41. The second-order valence-corrected chi connectivity index (χ2v) is 7.38. The number of nitrogens with zero attached hydrogens (tertiary/aromatic N) is 2. The van der Waals surface area contributed by atoms with Gasteiger partial charge in [0.15, 0.2) is 5.16 Å². The van der Waals surface area contributed by atoms with Crippen molar-refractivity contribution in [3.8, 4) is 11.4 Å². The minimum absolute atomic E-state index is 0.0376. The normalized spacial score (nSPS) is 12.0. The van der Waals surface area contributed by atoms with Crippen molar-refractivity contribution in [3.63, 3.8) is 0 Å². The smallest absolute Gasteiger partial charge is 0.387 e. The van der Waals surface area contributed by atoms with Crippen LogP contribution in [0, 0.1) is 6.92 Å². The molecule has 3 rings (SSSR count). The topological polar surface area (TPSA) is 56.2 Å². The number of imidazole rings is 1. The highest BCUT2D eigenvalue weighted by Gasteiger charge is 2.18. The highest BCUT2D eigenvalue weighted by molar-refractivity contribution is 8.00. The third-order valence-electron chi connectivity index (χ3n) is 3.89. The van der Waals surface area contributed by atoms with Crippen LogP contribution in [-0.4, -0.2) is 27.3 Å². The summed E-state index contributed by atoms with van der Waals surface area (Å²) in [6.07, 6.45) is 3.54. The Morgan fingerprint density at radius 3 is 2.64 bits per heavy atom. The molecule has 0 fully saturated rings. The molecule has 0 aliphatic carbocycles. The SMILES string of the molecule is Cc1cccc(-n2ccnc2SC(C)C(=O)Nc2ccc(OC(F)F)cc2)c1. The molecule has 1 atom stereocenters. The van der Waals surface area contributed by atoms with E-state index in [4.69, 9.17) is 0 Å². The van der Waals surface area contributed by atoms with Crippen LogP contribution in [0.25, 0.3) is 5.69 Å². The van der Waals surface area contributed by atoms with Crippen molar-refractivity contribution in [2.45, 2.75) is 30.9 Å². The average Bonchev–Trinajstić information content (AvgIpc) is 3.11. The van der Waals surface area contributed by atoms with Crippen molar-refractivity contribution >= 4 is 23.4 Å². The van der Waals surface area contributed by atoms with E-state index in [1.165, 1.54) is 36.0 Å². The van der Waals surface area contributed by atoms with Crippen molar-refractivity contribution in [2.75, 3.05) is 5.32 Å². The van der Waals surface area contributed by atoms with Gasteiger partial charge in [-0.1, -0.05) is 23.9 Å². The maximum absolute atomic E-state index is 12.5. The first-order chi connectivity index (χ1) is 13.4. The number of hydrogen-bond acceptors (Lipinski definition) is 4. The van der Waals surface area contributed by atoms with Gasteiger partial charge < -0.3 is 10.1 Å². The van der Waals surface area contributed by atoms with Crippen molar-refractivity contribution in [2.24, 2.45) is 0 Å². The Labute approximate surface area is 165 Å². The van der Waals surface area contributed by atoms with E-state index in [0.29, 0.717) is 10.8 Å². The molecular weight excluding hydrogens is 384 g/mol. The molecule has 8 heteroatoms. The van der Waals surface area contributed by atoms with Gasteiger partial charge in [0.25, 0.3) is 0 Å². The molecule has 1 aromatic heterocycles. The molecule has 0 radical (unpaired) electrons. The first-order valence-electron chi connectivity index (χ1n) is 8.55. The molecule has 28 heavy (non-hydrogen) atoms. The number of carbonyl (C=O) groups excluding carboxylic acids is 1. The number of amides is 1. The first kappa shape index (κ1) is 19.9. The van der Waals surface area contributed by atoms with E-state index in [0.717, 1.165) is 11.3 Å². The van der Waals surface area contributed by atoms with Crippen molar-refractivity contribution in [1.82, 2.24) is 9.55 Å². The van der Waals surface area contributed by atoms with E-state index < -0.39 is 11.9 Å². The fourth-order valence-electron chi connectivity index (χ4n) is 2.53. The number of hydrogen-bond donors (Lipinski definition) is 1. The van der Waals surface area contributed by atoms with Gasteiger partial charge in [0, 0.05) is 23.8 Å². The minimum atomic E-state index is -2.88. The Balaban J connectivity index is 1.64. The van der Waals surface area contributed by atoms with E-state index >= 15 is 0 Å². The Morgan fingerprint density at radius 1 is 1.21 bits per heavy atom. The van der Waals surface area contributed by atoms with Gasteiger partial charge >= 0.3 is 6.61 Å². The van der Waals surface area contributed by atoms with Crippen LogP contribution in [0.1, 0.15) is 12.5 Å². The van der Waals surface area contributed by atoms with E-state index in [1.807, 2.05) is 42.0 Å².